The van der Waals surface area contributed by atoms with Crippen molar-refractivity contribution in [2.75, 3.05) is 5.32 Å². The van der Waals surface area contributed by atoms with Gasteiger partial charge in [0, 0.05) is 53.1 Å². The molecule has 6 nitrogen and oxygen atoms in total. The number of hydrogen-bond acceptors (Lipinski definition) is 4. The van der Waals surface area contributed by atoms with Crippen LogP contribution in [0.3, 0.4) is 0 Å². The minimum atomic E-state index is -1.04. The van der Waals surface area contributed by atoms with Crippen LogP contribution in [0, 0.1) is 12.8 Å². The van der Waals surface area contributed by atoms with Crippen LogP contribution < -0.4 is 5.32 Å². The highest BCUT2D eigenvalue weighted by molar-refractivity contribution is 6.12. The van der Waals surface area contributed by atoms with Gasteiger partial charge in [-0.2, -0.15) is 0 Å². The molecule has 1 saturated carbocycles. The van der Waals surface area contributed by atoms with Crippen LogP contribution in [-0.2, 0) is 4.79 Å². The van der Waals surface area contributed by atoms with E-state index in [1.807, 2.05) is 28.9 Å². The zero-order valence-electron chi connectivity index (χ0n) is 18.0. The van der Waals surface area contributed by atoms with Crippen molar-refractivity contribution in [3.63, 3.8) is 0 Å². The fraction of sp³-hybridized carbons (Fsp3) is 0.333. The highest BCUT2D eigenvalue weighted by Crippen LogP contribution is 2.35. The van der Waals surface area contributed by atoms with E-state index < -0.39 is 12.1 Å². The number of aromatic nitrogens is 4. The van der Waals surface area contributed by atoms with Gasteiger partial charge < -0.3 is 5.32 Å². The fourth-order valence-corrected chi connectivity index (χ4v) is 4.13. The third-order valence-corrected chi connectivity index (χ3v) is 6.06. The van der Waals surface area contributed by atoms with Crippen molar-refractivity contribution in [2.45, 2.75) is 45.1 Å². The minimum Gasteiger partial charge on any atom is -0.310 e. The van der Waals surface area contributed by atoms with Crippen molar-refractivity contribution in [2.24, 2.45) is 5.92 Å². The molecule has 2 radical (unpaired) electrons. The quantitative estimate of drug-likeness (QED) is 0.458. The Bertz CT molecular complexity index is 1340. The van der Waals surface area contributed by atoms with Crippen molar-refractivity contribution in [3.8, 4) is 11.1 Å². The molecule has 0 aliphatic heterocycles. The van der Waals surface area contributed by atoms with Crippen molar-refractivity contribution in [3.05, 3.63) is 54.2 Å². The summed E-state index contributed by atoms with van der Waals surface area (Å²) in [7, 11) is 6.25. The number of rotatable bonds is 6. The summed E-state index contributed by atoms with van der Waals surface area (Å²) < 4.78 is 15.2. The van der Waals surface area contributed by atoms with E-state index in [4.69, 9.17) is 7.85 Å². The monoisotopic (exact) mass is 427 g/mol. The molecule has 3 atom stereocenters. The normalized spacial score (nSPS) is 18.7. The van der Waals surface area contributed by atoms with Crippen molar-refractivity contribution < 1.29 is 9.18 Å². The fourth-order valence-electron chi connectivity index (χ4n) is 4.13. The van der Waals surface area contributed by atoms with Gasteiger partial charge in [-0.3, -0.25) is 14.2 Å². The van der Waals surface area contributed by atoms with Crippen LogP contribution in [0.25, 0.3) is 27.7 Å². The summed E-state index contributed by atoms with van der Waals surface area (Å²) in [6.07, 6.45) is 8.32. The molecule has 1 fully saturated rings. The van der Waals surface area contributed by atoms with E-state index in [1.165, 1.54) is 0 Å². The van der Waals surface area contributed by atoms with Crippen LogP contribution in [0.5, 0.6) is 0 Å². The van der Waals surface area contributed by atoms with Crippen molar-refractivity contribution in [1.29, 1.82) is 0 Å². The number of anilines is 1. The molecule has 4 heterocycles. The van der Waals surface area contributed by atoms with Gasteiger partial charge in [0.15, 0.2) is 0 Å². The zero-order chi connectivity index (χ0) is 22.4. The van der Waals surface area contributed by atoms with Gasteiger partial charge in [-0.05, 0) is 36.9 Å². The number of carbonyl (C=O) groups is 1. The predicted octanol–water partition coefficient (Wildman–Crippen LogP) is 4.56. The standard InChI is InChI=1S/C24H23BFN5O/c1-3-4-18(25)20-7-13(2)17(12-28-20)15-8-14-11-29-22(30-24(32)16-9-19(16)26)10-21(14)31-6-5-27-23(15)31/h5-8,10-12,16,18-19H,3-4,9H2,1-2H3,(H,29,30,32). The predicted molar refractivity (Wildman–Crippen MR) is 123 cm³/mol. The van der Waals surface area contributed by atoms with Gasteiger partial charge >= 0.3 is 0 Å². The number of fused-ring (bicyclic) bond motifs is 3. The number of nitrogens with zero attached hydrogens (tertiary/aromatic N) is 4. The molecule has 1 aliphatic carbocycles. The molecule has 4 aromatic heterocycles. The Kier molecular flexibility index (Phi) is 5.15. The second-order valence-electron chi connectivity index (χ2n) is 8.47. The second-order valence-corrected chi connectivity index (χ2v) is 8.47. The SMILES string of the molecule is [B]C(CCC)c1cc(C)c(-c2cc3cnc(NC(=O)C4CC4F)cc3n3ccnc23)cn1. The van der Waals surface area contributed by atoms with E-state index in [-0.39, 0.29) is 18.1 Å². The third kappa shape index (κ3) is 3.63. The number of aryl methyl sites for hydroxylation is 1. The zero-order valence-corrected chi connectivity index (χ0v) is 18.0. The molecule has 1 aliphatic rings. The molecule has 3 unspecified atom stereocenters. The van der Waals surface area contributed by atoms with E-state index in [0.717, 1.165) is 51.8 Å². The summed E-state index contributed by atoms with van der Waals surface area (Å²) in [5.41, 5.74) is 5.53. The molecular formula is C24H23BFN5O. The first kappa shape index (κ1) is 20.6. The number of pyridine rings is 3. The Morgan fingerprint density at radius 1 is 1.25 bits per heavy atom. The Balaban J connectivity index is 1.55. The smallest absolute Gasteiger partial charge is 0.231 e. The molecule has 0 bridgehead atoms. The molecule has 0 spiro atoms. The summed E-state index contributed by atoms with van der Waals surface area (Å²) in [5, 5.41) is 3.61. The Hall–Kier alpha value is -3.29. The summed E-state index contributed by atoms with van der Waals surface area (Å²) in [6, 6.07) is 5.87. The number of alkyl halides is 1. The van der Waals surface area contributed by atoms with Crippen LogP contribution in [0.15, 0.2) is 43.0 Å². The van der Waals surface area contributed by atoms with Gasteiger partial charge in [-0.1, -0.05) is 19.8 Å². The molecule has 0 aromatic carbocycles. The first-order valence-corrected chi connectivity index (χ1v) is 10.9. The molecular weight excluding hydrogens is 404 g/mol. The molecule has 160 valence electrons. The average Bonchev–Trinajstić information content (AvgIpc) is 3.30. The maximum absolute atomic E-state index is 13.2. The number of halogens is 1. The van der Waals surface area contributed by atoms with E-state index in [0.29, 0.717) is 5.82 Å². The van der Waals surface area contributed by atoms with E-state index in [9.17, 15) is 9.18 Å². The Morgan fingerprint density at radius 3 is 2.78 bits per heavy atom. The van der Waals surface area contributed by atoms with Crippen LogP contribution in [0.4, 0.5) is 10.2 Å². The topological polar surface area (TPSA) is 72.2 Å². The van der Waals surface area contributed by atoms with Crippen molar-refractivity contribution in [1.82, 2.24) is 19.4 Å². The van der Waals surface area contributed by atoms with Crippen LogP contribution in [-0.4, -0.2) is 39.3 Å². The van der Waals surface area contributed by atoms with Gasteiger partial charge in [0.1, 0.15) is 17.6 Å². The largest absolute Gasteiger partial charge is 0.310 e. The van der Waals surface area contributed by atoms with Gasteiger partial charge in [0.25, 0.3) is 0 Å². The van der Waals surface area contributed by atoms with Crippen LogP contribution in [0.2, 0.25) is 0 Å². The van der Waals surface area contributed by atoms with Crippen molar-refractivity contribution >= 4 is 36.1 Å². The third-order valence-electron chi connectivity index (χ3n) is 6.06. The van der Waals surface area contributed by atoms with Crippen LogP contribution in [0.1, 0.15) is 43.3 Å². The van der Waals surface area contributed by atoms with Gasteiger partial charge in [-0.25, -0.2) is 14.4 Å². The average molecular weight is 427 g/mol. The Morgan fingerprint density at radius 2 is 2.06 bits per heavy atom. The maximum Gasteiger partial charge on any atom is 0.231 e. The second kappa shape index (κ2) is 8.00. The molecule has 0 saturated heterocycles. The number of amides is 1. The molecule has 1 amide bonds. The summed E-state index contributed by atoms with van der Waals surface area (Å²) >= 11 is 0. The van der Waals surface area contributed by atoms with E-state index >= 15 is 0 Å². The van der Waals surface area contributed by atoms with Gasteiger partial charge in [0.05, 0.1) is 19.3 Å². The molecule has 1 N–H and O–H groups in total. The lowest BCUT2D eigenvalue weighted by molar-refractivity contribution is -0.117. The number of nitrogens with one attached hydrogen (secondary N) is 1. The molecule has 4 aromatic rings. The van der Waals surface area contributed by atoms with Gasteiger partial charge in [-0.15, -0.1) is 0 Å². The lowest BCUT2D eigenvalue weighted by Crippen LogP contribution is -2.16. The van der Waals surface area contributed by atoms with E-state index in [2.05, 4.69) is 34.1 Å². The number of hydrogen-bond donors (Lipinski definition) is 1. The van der Waals surface area contributed by atoms with Gasteiger partial charge in [0.2, 0.25) is 5.91 Å². The first-order valence-electron chi connectivity index (χ1n) is 10.9. The minimum absolute atomic E-state index is 0.0723. The number of imidazole rings is 1. The van der Waals surface area contributed by atoms with E-state index in [1.54, 1.807) is 18.5 Å². The highest BCUT2D eigenvalue weighted by atomic mass is 19.1. The Labute approximate surface area is 186 Å². The maximum atomic E-state index is 13.2. The first-order chi connectivity index (χ1) is 15.5. The number of carbonyl (C=O) groups excluding carboxylic acids is 1. The molecule has 32 heavy (non-hydrogen) atoms. The summed E-state index contributed by atoms with van der Waals surface area (Å²) in [6.45, 7) is 4.16. The molecule has 8 heteroatoms. The summed E-state index contributed by atoms with van der Waals surface area (Å²) in [5.74, 6) is -0.564. The summed E-state index contributed by atoms with van der Waals surface area (Å²) in [4.78, 5) is 25.7. The lowest BCUT2D eigenvalue weighted by Gasteiger charge is -2.15. The molecule has 5 rings (SSSR count). The lowest BCUT2D eigenvalue weighted by atomic mass is 9.80. The highest BCUT2D eigenvalue weighted by Gasteiger charge is 2.43. The van der Waals surface area contributed by atoms with Crippen LogP contribution >= 0.6 is 0 Å².